The van der Waals surface area contributed by atoms with Crippen LogP contribution < -0.4 is 4.74 Å². The SMILES string of the molecule is COc1cccc(COC2CN(CCc3ccccc3)C(=O)CN(C(=O)c3nonc3C)C2)c1. The van der Waals surface area contributed by atoms with Crippen LogP contribution >= 0.6 is 0 Å². The van der Waals surface area contributed by atoms with E-state index in [9.17, 15) is 9.59 Å². The molecule has 0 saturated carbocycles. The van der Waals surface area contributed by atoms with E-state index in [2.05, 4.69) is 10.3 Å². The standard InChI is InChI=1S/C25H28N4O5/c1-18-24(27-34-26-18)25(31)29-15-22(33-17-20-9-6-10-21(13-20)32-2)14-28(23(30)16-29)12-11-19-7-4-3-5-8-19/h3-10,13,22H,11-12,14-17H2,1-2H3. The van der Waals surface area contributed by atoms with Gasteiger partial charge in [0.05, 0.1) is 19.8 Å². The molecule has 9 nitrogen and oxygen atoms in total. The summed E-state index contributed by atoms with van der Waals surface area (Å²) < 4.78 is 16.2. The molecule has 1 aliphatic heterocycles. The number of hydrogen-bond donors (Lipinski definition) is 0. The number of methoxy groups -OCH3 is 1. The molecule has 0 spiro atoms. The summed E-state index contributed by atoms with van der Waals surface area (Å²) in [7, 11) is 1.62. The maximum Gasteiger partial charge on any atom is 0.278 e. The van der Waals surface area contributed by atoms with E-state index < -0.39 is 5.91 Å². The van der Waals surface area contributed by atoms with Crippen molar-refractivity contribution in [1.29, 1.82) is 0 Å². The van der Waals surface area contributed by atoms with Gasteiger partial charge in [-0.1, -0.05) is 47.6 Å². The largest absolute Gasteiger partial charge is 0.497 e. The van der Waals surface area contributed by atoms with Crippen LogP contribution in [0.2, 0.25) is 0 Å². The number of nitrogens with zero attached hydrogens (tertiary/aromatic N) is 4. The molecule has 0 bridgehead atoms. The smallest absolute Gasteiger partial charge is 0.278 e. The molecule has 0 aliphatic carbocycles. The molecular formula is C25H28N4O5. The van der Waals surface area contributed by atoms with Gasteiger partial charge in [-0.15, -0.1) is 0 Å². The fraction of sp³-hybridized carbons (Fsp3) is 0.360. The van der Waals surface area contributed by atoms with Gasteiger partial charge in [-0.25, -0.2) is 4.63 Å². The fourth-order valence-corrected chi connectivity index (χ4v) is 3.92. The first-order valence-electron chi connectivity index (χ1n) is 11.2. The number of benzene rings is 2. The van der Waals surface area contributed by atoms with Crippen LogP contribution in [0.1, 0.15) is 27.3 Å². The fourth-order valence-electron chi connectivity index (χ4n) is 3.92. The first-order valence-corrected chi connectivity index (χ1v) is 11.2. The third kappa shape index (κ3) is 5.79. The second-order valence-electron chi connectivity index (χ2n) is 8.24. The minimum absolute atomic E-state index is 0.0566. The van der Waals surface area contributed by atoms with Crippen LogP contribution in [-0.4, -0.2) is 71.3 Å². The monoisotopic (exact) mass is 464 g/mol. The highest BCUT2D eigenvalue weighted by molar-refractivity contribution is 5.95. The molecule has 0 N–H and O–H groups in total. The number of rotatable bonds is 8. The molecule has 1 fully saturated rings. The second kappa shape index (κ2) is 10.9. The third-order valence-corrected chi connectivity index (χ3v) is 5.80. The lowest BCUT2D eigenvalue weighted by Gasteiger charge is -2.25. The Morgan fingerprint density at radius 1 is 1.09 bits per heavy atom. The van der Waals surface area contributed by atoms with Crippen molar-refractivity contribution in [2.45, 2.75) is 26.1 Å². The molecule has 1 saturated heterocycles. The lowest BCUT2D eigenvalue weighted by Crippen LogP contribution is -2.40. The molecule has 178 valence electrons. The topological polar surface area (TPSA) is 98.0 Å². The highest BCUT2D eigenvalue weighted by atomic mass is 16.6. The van der Waals surface area contributed by atoms with Gasteiger partial charge in [-0.05, 0) is 41.8 Å². The summed E-state index contributed by atoms with van der Waals surface area (Å²) >= 11 is 0. The summed E-state index contributed by atoms with van der Waals surface area (Å²) in [5.41, 5.74) is 2.58. The highest BCUT2D eigenvalue weighted by Crippen LogP contribution is 2.17. The minimum Gasteiger partial charge on any atom is -0.497 e. The molecule has 4 rings (SSSR count). The quantitative estimate of drug-likeness (QED) is 0.505. The van der Waals surface area contributed by atoms with Crippen LogP contribution in [0, 0.1) is 6.92 Å². The zero-order chi connectivity index (χ0) is 23.9. The zero-order valence-electron chi connectivity index (χ0n) is 19.3. The lowest BCUT2D eigenvalue weighted by molar-refractivity contribution is -0.131. The predicted molar refractivity (Wildman–Crippen MR) is 123 cm³/mol. The van der Waals surface area contributed by atoms with Gasteiger partial charge in [0.2, 0.25) is 5.91 Å². The molecular weight excluding hydrogens is 436 g/mol. The molecule has 2 aromatic carbocycles. The number of ether oxygens (including phenoxy) is 2. The van der Waals surface area contributed by atoms with E-state index >= 15 is 0 Å². The van der Waals surface area contributed by atoms with Crippen LogP contribution in [0.5, 0.6) is 5.75 Å². The van der Waals surface area contributed by atoms with Gasteiger partial charge in [0.25, 0.3) is 5.91 Å². The Hall–Kier alpha value is -3.72. The number of hydrogen-bond acceptors (Lipinski definition) is 7. The molecule has 34 heavy (non-hydrogen) atoms. The first-order chi connectivity index (χ1) is 16.5. The molecule has 1 aliphatic rings. The molecule has 1 aromatic heterocycles. The Bertz CT molecular complexity index is 1120. The Morgan fingerprint density at radius 3 is 2.62 bits per heavy atom. The van der Waals surface area contributed by atoms with Gasteiger partial charge in [0, 0.05) is 19.6 Å². The minimum atomic E-state index is -0.396. The summed E-state index contributed by atoms with van der Waals surface area (Å²) in [6.07, 6.45) is 0.340. The van der Waals surface area contributed by atoms with Crippen LogP contribution in [0.3, 0.4) is 0 Å². The van der Waals surface area contributed by atoms with E-state index in [0.29, 0.717) is 25.4 Å². The van der Waals surface area contributed by atoms with Crippen molar-refractivity contribution in [2.75, 3.05) is 33.3 Å². The van der Waals surface area contributed by atoms with E-state index in [1.807, 2.05) is 54.6 Å². The molecule has 1 atom stereocenters. The number of amides is 2. The van der Waals surface area contributed by atoms with Gasteiger partial charge in [0.1, 0.15) is 18.0 Å². The van der Waals surface area contributed by atoms with Gasteiger partial charge in [-0.3, -0.25) is 9.59 Å². The summed E-state index contributed by atoms with van der Waals surface area (Å²) in [5, 5.41) is 7.41. The summed E-state index contributed by atoms with van der Waals surface area (Å²) in [5.74, 6) is 0.213. The van der Waals surface area contributed by atoms with Crippen molar-refractivity contribution in [3.8, 4) is 5.75 Å². The Kier molecular flexibility index (Phi) is 7.54. The van der Waals surface area contributed by atoms with Gasteiger partial charge in [-0.2, -0.15) is 0 Å². The lowest BCUT2D eigenvalue weighted by atomic mass is 10.1. The maximum absolute atomic E-state index is 13.1. The average Bonchev–Trinajstić information content (AvgIpc) is 3.22. The number of aryl methyl sites for hydroxylation is 1. The van der Waals surface area contributed by atoms with E-state index in [0.717, 1.165) is 23.3 Å². The molecule has 3 aromatic rings. The Labute approximate surface area is 198 Å². The zero-order valence-corrected chi connectivity index (χ0v) is 19.3. The van der Waals surface area contributed by atoms with Crippen LogP contribution in [-0.2, 0) is 22.6 Å². The van der Waals surface area contributed by atoms with Crippen LogP contribution in [0.25, 0.3) is 0 Å². The average molecular weight is 465 g/mol. The molecule has 2 amide bonds. The van der Waals surface area contributed by atoms with Crippen LogP contribution in [0.15, 0.2) is 59.2 Å². The third-order valence-electron chi connectivity index (χ3n) is 5.80. The van der Waals surface area contributed by atoms with Gasteiger partial charge < -0.3 is 19.3 Å². The van der Waals surface area contributed by atoms with Crippen molar-refractivity contribution in [3.05, 3.63) is 77.1 Å². The number of aromatic nitrogens is 2. The van der Waals surface area contributed by atoms with Crippen molar-refractivity contribution in [2.24, 2.45) is 0 Å². The van der Waals surface area contributed by atoms with Crippen molar-refractivity contribution in [3.63, 3.8) is 0 Å². The summed E-state index contributed by atoms with van der Waals surface area (Å²) in [6.45, 7) is 3.09. The maximum atomic E-state index is 13.1. The predicted octanol–water partition coefficient (Wildman–Crippen LogP) is 2.50. The second-order valence-corrected chi connectivity index (χ2v) is 8.24. The van der Waals surface area contributed by atoms with Gasteiger partial charge in [0.15, 0.2) is 5.69 Å². The Morgan fingerprint density at radius 2 is 1.88 bits per heavy atom. The normalized spacial score (nSPS) is 16.4. The number of carbonyl (C=O) groups excluding carboxylic acids is 2. The van der Waals surface area contributed by atoms with Gasteiger partial charge >= 0.3 is 0 Å². The summed E-state index contributed by atoms with van der Waals surface area (Å²) in [6, 6.07) is 17.6. The molecule has 1 unspecified atom stereocenters. The molecule has 2 heterocycles. The first kappa shape index (κ1) is 23.4. The van der Waals surface area contributed by atoms with E-state index in [1.165, 1.54) is 4.90 Å². The van der Waals surface area contributed by atoms with E-state index in [4.69, 9.17) is 14.1 Å². The molecule has 9 heteroatoms. The van der Waals surface area contributed by atoms with Crippen LogP contribution in [0.4, 0.5) is 0 Å². The molecule has 0 radical (unpaired) electrons. The van der Waals surface area contributed by atoms with Crippen molar-refractivity contribution in [1.82, 2.24) is 20.1 Å². The van der Waals surface area contributed by atoms with Crippen molar-refractivity contribution >= 4 is 11.8 Å². The Balaban J connectivity index is 1.50. The van der Waals surface area contributed by atoms with E-state index in [1.54, 1.807) is 18.9 Å². The van der Waals surface area contributed by atoms with E-state index in [-0.39, 0.29) is 30.8 Å². The number of carbonyl (C=O) groups is 2. The summed E-state index contributed by atoms with van der Waals surface area (Å²) in [4.78, 5) is 29.4. The highest BCUT2D eigenvalue weighted by Gasteiger charge is 2.33. The van der Waals surface area contributed by atoms with Crippen molar-refractivity contribution < 1.29 is 23.7 Å².